The summed E-state index contributed by atoms with van der Waals surface area (Å²) < 4.78 is 5.21. The number of rotatable bonds is 4. The van der Waals surface area contributed by atoms with Gasteiger partial charge in [0.05, 0.1) is 11.6 Å². The van der Waals surface area contributed by atoms with Crippen molar-refractivity contribution in [3.8, 4) is 0 Å². The zero-order chi connectivity index (χ0) is 12.3. The van der Waals surface area contributed by atoms with E-state index in [0.717, 1.165) is 10.9 Å². The molecule has 1 aromatic carbocycles. The van der Waals surface area contributed by atoms with Gasteiger partial charge in [-0.2, -0.15) is 5.10 Å². The number of nitrogens with one attached hydrogen (secondary N) is 2. The first kappa shape index (κ1) is 11.6. The number of para-hydroxylation sites is 1. The number of hydrogen-bond acceptors (Lipinski definition) is 3. The van der Waals surface area contributed by atoms with Gasteiger partial charge in [0.1, 0.15) is 6.61 Å². The third-order valence-corrected chi connectivity index (χ3v) is 2.28. The number of ether oxygens (including phenoxy) is 1. The monoisotopic (exact) mass is 233 g/mol. The third-order valence-electron chi connectivity index (χ3n) is 2.28. The Hall–Kier alpha value is -1.88. The van der Waals surface area contributed by atoms with Crippen LogP contribution in [-0.2, 0) is 9.53 Å². The molecule has 0 unspecified atom stereocenters. The van der Waals surface area contributed by atoms with Crippen molar-refractivity contribution in [2.45, 2.75) is 20.0 Å². The highest BCUT2D eigenvalue weighted by molar-refractivity contribution is 5.99. The maximum atomic E-state index is 11.6. The number of amides is 1. The number of anilines is 1. The Kier molecular flexibility index (Phi) is 3.39. The summed E-state index contributed by atoms with van der Waals surface area (Å²) in [6.45, 7) is 3.81. The van der Waals surface area contributed by atoms with Gasteiger partial charge >= 0.3 is 0 Å². The topological polar surface area (TPSA) is 67.0 Å². The predicted molar refractivity (Wildman–Crippen MR) is 65.8 cm³/mol. The average Bonchev–Trinajstić information content (AvgIpc) is 2.70. The molecule has 0 fully saturated rings. The fourth-order valence-electron chi connectivity index (χ4n) is 1.47. The number of hydrogen-bond donors (Lipinski definition) is 2. The molecule has 17 heavy (non-hydrogen) atoms. The lowest BCUT2D eigenvalue weighted by atomic mass is 10.2. The van der Waals surface area contributed by atoms with E-state index in [9.17, 15) is 4.79 Å². The van der Waals surface area contributed by atoms with Crippen LogP contribution in [0.3, 0.4) is 0 Å². The van der Waals surface area contributed by atoms with Crippen molar-refractivity contribution >= 4 is 22.6 Å². The molecule has 2 rings (SSSR count). The Morgan fingerprint density at radius 3 is 3.00 bits per heavy atom. The van der Waals surface area contributed by atoms with Crippen LogP contribution in [0, 0.1) is 0 Å². The molecule has 5 heteroatoms. The van der Waals surface area contributed by atoms with Crippen LogP contribution in [-0.4, -0.2) is 28.8 Å². The van der Waals surface area contributed by atoms with E-state index in [1.54, 1.807) is 0 Å². The number of nitrogens with zero attached hydrogens (tertiary/aromatic N) is 1. The van der Waals surface area contributed by atoms with Crippen LogP contribution in [0.1, 0.15) is 13.8 Å². The van der Waals surface area contributed by atoms with E-state index in [-0.39, 0.29) is 18.6 Å². The number of aromatic nitrogens is 2. The lowest BCUT2D eigenvalue weighted by Crippen LogP contribution is -2.20. The molecule has 0 spiro atoms. The SMILES string of the molecule is CC(C)OCC(=O)Nc1n[nH]c2ccccc12. The minimum absolute atomic E-state index is 0.0386. The van der Waals surface area contributed by atoms with Crippen molar-refractivity contribution in [2.24, 2.45) is 0 Å². The molecule has 0 saturated carbocycles. The van der Waals surface area contributed by atoms with E-state index < -0.39 is 0 Å². The van der Waals surface area contributed by atoms with Crippen molar-refractivity contribution in [1.29, 1.82) is 0 Å². The Morgan fingerprint density at radius 1 is 1.47 bits per heavy atom. The van der Waals surface area contributed by atoms with Gasteiger partial charge in [-0.05, 0) is 26.0 Å². The number of carbonyl (C=O) groups excluding carboxylic acids is 1. The summed E-state index contributed by atoms with van der Waals surface area (Å²) in [5.41, 5.74) is 0.896. The molecule has 1 amide bonds. The average molecular weight is 233 g/mol. The molecule has 0 saturated heterocycles. The minimum atomic E-state index is -0.198. The van der Waals surface area contributed by atoms with Gasteiger partial charge in [-0.3, -0.25) is 9.89 Å². The first-order chi connectivity index (χ1) is 8.16. The van der Waals surface area contributed by atoms with Crippen molar-refractivity contribution in [2.75, 3.05) is 11.9 Å². The Balaban J connectivity index is 2.06. The second-order valence-electron chi connectivity index (χ2n) is 4.03. The molecule has 2 N–H and O–H groups in total. The highest BCUT2D eigenvalue weighted by Gasteiger charge is 2.09. The van der Waals surface area contributed by atoms with Gasteiger partial charge in [-0.1, -0.05) is 12.1 Å². The number of benzene rings is 1. The minimum Gasteiger partial charge on any atom is -0.369 e. The number of H-pyrrole nitrogens is 1. The van der Waals surface area contributed by atoms with Gasteiger partial charge in [0.2, 0.25) is 0 Å². The number of aromatic amines is 1. The first-order valence-corrected chi connectivity index (χ1v) is 5.51. The Morgan fingerprint density at radius 2 is 2.24 bits per heavy atom. The molecule has 0 aliphatic heterocycles. The van der Waals surface area contributed by atoms with Gasteiger partial charge in [0.25, 0.3) is 5.91 Å². The quantitative estimate of drug-likeness (QED) is 0.847. The van der Waals surface area contributed by atoms with E-state index in [1.807, 2.05) is 38.1 Å². The lowest BCUT2D eigenvalue weighted by molar-refractivity contribution is -0.121. The molecular formula is C12H15N3O2. The van der Waals surface area contributed by atoms with E-state index in [0.29, 0.717) is 5.82 Å². The second kappa shape index (κ2) is 4.97. The van der Waals surface area contributed by atoms with E-state index in [4.69, 9.17) is 4.74 Å². The standard InChI is InChI=1S/C12H15N3O2/c1-8(2)17-7-11(16)13-12-9-5-3-4-6-10(9)14-15-12/h3-6,8H,7H2,1-2H3,(H2,13,14,15,16). The maximum Gasteiger partial charge on any atom is 0.251 e. The molecule has 0 atom stereocenters. The van der Waals surface area contributed by atoms with Crippen molar-refractivity contribution in [1.82, 2.24) is 10.2 Å². The fraction of sp³-hybridized carbons (Fsp3) is 0.333. The number of carbonyl (C=O) groups is 1. The van der Waals surface area contributed by atoms with Crippen LogP contribution in [0.25, 0.3) is 10.9 Å². The van der Waals surface area contributed by atoms with Crippen molar-refractivity contribution < 1.29 is 9.53 Å². The van der Waals surface area contributed by atoms with E-state index in [2.05, 4.69) is 15.5 Å². The van der Waals surface area contributed by atoms with Gasteiger partial charge in [-0.25, -0.2) is 0 Å². The third kappa shape index (κ3) is 2.82. The maximum absolute atomic E-state index is 11.6. The van der Waals surface area contributed by atoms with Crippen molar-refractivity contribution in [3.05, 3.63) is 24.3 Å². The second-order valence-corrected chi connectivity index (χ2v) is 4.03. The molecule has 0 radical (unpaired) electrons. The molecule has 0 aliphatic carbocycles. The summed E-state index contributed by atoms with van der Waals surface area (Å²) in [4.78, 5) is 11.6. The van der Waals surface area contributed by atoms with E-state index >= 15 is 0 Å². The molecule has 0 aliphatic rings. The highest BCUT2D eigenvalue weighted by Crippen LogP contribution is 2.19. The summed E-state index contributed by atoms with van der Waals surface area (Å²) in [7, 11) is 0. The van der Waals surface area contributed by atoms with Crippen LogP contribution in [0.5, 0.6) is 0 Å². The van der Waals surface area contributed by atoms with Gasteiger partial charge in [0, 0.05) is 5.39 Å². The summed E-state index contributed by atoms with van der Waals surface area (Å²) in [5, 5.41) is 10.5. The van der Waals surface area contributed by atoms with Gasteiger partial charge in [-0.15, -0.1) is 0 Å². The molecular weight excluding hydrogens is 218 g/mol. The zero-order valence-corrected chi connectivity index (χ0v) is 9.86. The first-order valence-electron chi connectivity index (χ1n) is 5.51. The Bertz CT molecular complexity index is 519. The van der Waals surface area contributed by atoms with Gasteiger partial charge in [0.15, 0.2) is 5.82 Å². The number of fused-ring (bicyclic) bond motifs is 1. The molecule has 1 heterocycles. The molecule has 0 bridgehead atoms. The van der Waals surface area contributed by atoms with E-state index in [1.165, 1.54) is 0 Å². The zero-order valence-electron chi connectivity index (χ0n) is 9.86. The van der Waals surface area contributed by atoms with Gasteiger partial charge < -0.3 is 10.1 Å². The van der Waals surface area contributed by atoms with Crippen LogP contribution in [0.2, 0.25) is 0 Å². The smallest absolute Gasteiger partial charge is 0.251 e. The molecule has 5 nitrogen and oxygen atoms in total. The normalized spacial score (nSPS) is 11.0. The fourth-order valence-corrected chi connectivity index (χ4v) is 1.47. The summed E-state index contributed by atoms with van der Waals surface area (Å²) in [5.74, 6) is 0.342. The summed E-state index contributed by atoms with van der Waals surface area (Å²) in [6.07, 6.45) is 0.0386. The van der Waals surface area contributed by atoms with Crippen LogP contribution in [0.15, 0.2) is 24.3 Å². The van der Waals surface area contributed by atoms with Crippen LogP contribution < -0.4 is 5.32 Å². The van der Waals surface area contributed by atoms with Crippen LogP contribution >= 0.6 is 0 Å². The predicted octanol–water partition coefficient (Wildman–Crippen LogP) is 1.93. The summed E-state index contributed by atoms with van der Waals surface area (Å²) >= 11 is 0. The highest BCUT2D eigenvalue weighted by atomic mass is 16.5. The van der Waals surface area contributed by atoms with Crippen molar-refractivity contribution in [3.63, 3.8) is 0 Å². The summed E-state index contributed by atoms with van der Waals surface area (Å²) in [6, 6.07) is 7.62. The molecule has 2 aromatic rings. The Labute approximate surface area is 99.2 Å². The molecule has 1 aromatic heterocycles. The lowest BCUT2D eigenvalue weighted by Gasteiger charge is -2.06. The largest absolute Gasteiger partial charge is 0.369 e. The van der Waals surface area contributed by atoms with Crippen LogP contribution in [0.4, 0.5) is 5.82 Å². The molecule has 90 valence electrons.